The molecule has 0 saturated carbocycles. The standard InChI is InChI=1S/C9H18N4O2S/c1-3-10-6-7-16(14,15)12-8-9-4-5-11-13(9)2/h4-5,10,12H,3,6-8H2,1-2H3. The van der Waals surface area contributed by atoms with Crippen molar-refractivity contribution in [3.05, 3.63) is 18.0 Å². The summed E-state index contributed by atoms with van der Waals surface area (Å²) in [6, 6.07) is 1.78. The minimum Gasteiger partial charge on any atom is -0.316 e. The van der Waals surface area contributed by atoms with E-state index < -0.39 is 10.0 Å². The third-order valence-corrected chi connectivity index (χ3v) is 3.52. The molecule has 0 atom stereocenters. The monoisotopic (exact) mass is 246 g/mol. The van der Waals surface area contributed by atoms with Crippen LogP contribution in [0.2, 0.25) is 0 Å². The van der Waals surface area contributed by atoms with Gasteiger partial charge in [0.2, 0.25) is 10.0 Å². The summed E-state index contributed by atoms with van der Waals surface area (Å²) in [6.07, 6.45) is 1.64. The number of sulfonamides is 1. The van der Waals surface area contributed by atoms with E-state index in [2.05, 4.69) is 15.1 Å². The fraction of sp³-hybridized carbons (Fsp3) is 0.667. The van der Waals surface area contributed by atoms with Gasteiger partial charge in [-0.25, -0.2) is 13.1 Å². The maximum absolute atomic E-state index is 11.5. The minimum atomic E-state index is -3.20. The zero-order valence-electron chi connectivity index (χ0n) is 9.60. The Morgan fingerprint density at radius 2 is 2.25 bits per heavy atom. The van der Waals surface area contributed by atoms with Crippen molar-refractivity contribution in [3.8, 4) is 0 Å². The second-order valence-electron chi connectivity index (χ2n) is 3.44. The third-order valence-electron chi connectivity index (χ3n) is 2.19. The van der Waals surface area contributed by atoms with E-state index in [4.69, 9.17) is 0 Å². The molecule has 1 heterocycles. The van der Waals surface area contributed by atoms with Crippen LogP contribution in [0.25, 0.3) is 0 Å². The highest BCUT2D eigenvalue weighted by molar-refractivity contribution is 7.89. The molecule has 1 aromatic rings. The fourth-order valence-electron chi connectivity index (χ4n) is 1.21. The molecule has 0 aliphatic rings. The summed E-state index contributed by atoms with van der Waals surface area (Å²) in [4.78, 5) is 0. The first-order valence-electron chi connectivity index (χ1n) is 5.20. The summed E-state index contributed by atoms with van der Waals surface area (Å²) in [5.74, 6) is 0.0959. The number of nitrogens with zero attached hydrogens (tertiary/aromatic N) is 2. The number of rotatable bonds is 7. The molecule has 0 fully saturated rings. The van der Waals surface area contributed by atoms with Gasteiger partial charge in [0.15, 0.2) is 0 Å². The molecule has 2 N–H and O–H groups in total. The second-order valence-corrected chi connectivity index (χ2v) is 5.37. The molecule has 1 rings (SSSR count). The molecular weight excluding hydrogens is 228 g/mol. The predicted molar refractivity (Wildman–Crippen MR) is 62.4 cm³/mol. The van der Waals surface area contributed by atoms with Crippen LogP contribution in [0.15, 0.2) is 12.3 Å². The molecule has 6 nitrogen and oxygen atoms in total. The molecule has 92 valence electrons. The van der Waals surface area contributed by atoms with Gasteiger partial charge in [0.1, 0.15) is 0 Å². The van der Waals surface area contributed by atoms with Crippen LogP contribution in [-0.2, 0) is 23.6 Å². The predicted octanol–water partition coefficient (Wildman–Crippen LogP) is -0.551. The molecule has 0 aliphatic carbocycles. The van der Waals surface area contributed by atoms with Crippen molar-refractivity contribution >= 4 is 10.0 Å². The van der Waals surface area contributed by atoms with E-state index in [1.54, 1.807) is 24.0 Å². The first-order chi connectivity index (χ1) is 7.55. The summed E-state index contributed by atoms with van der Waals surface area (Å²) in [5, 5.41) is 6.93. The fourth-order valence-corrected chi connectivity index (χ4v) is 2.14. The Hall–Kier alpha value is -0.920. The molecular formula is C9H18N4O2S. The number of hydrogen-bond acceptors (Lipinski definition) is 4. The van der Waals surface area contributed by atoms with Gasteiger partial charge >= 0.3 is 0 Å². The van der Waals surface area contributed by atoms with Crippen molar-refractivity contribution in [2.24, 2.45) is 7.05 Å². The molecule has 16 heavy (non-hydrogen) atoms. The highest BCUT2D eigenvalue weighted by Gasteiger charge is 2.10. The van der Waals surface area contributed by atoms with Gasteiger partial charge in [-0.1, -0.05) is 6.92 Å². The van der Waals surface area contributed by atoms with Gasteiger partial charge in [-0.3, -0.25) is 4.68 Å². The normalized spacial score (nSPS) is 11.9. The summed E-state index contributed by atoms with van der Waals surface area (Å²) in [5.41, 5.74) is 0.840. The molecule has 0 radical (unpaired) electrons. The van der Waals surface area contributed by atoms with Gasteiger partial charge in [-0.15, -0.1) is 0 Å². The summed E-state index contributed by atoms with van der Waals surface area (Å²) in [7, 11) is -1.42. The van der Waals surface area contributed by atoms with Gasteiger partial charge in [-0.05, 0) is 12.6 Å². The molecule has 0 unspecified atom stereocenters. The van der Waals surface area contributed by atoms with E-state index in [0.29, 0.717) is 6.54 Å². The van der Waals surface area contributed by atoms with E-state index in [1.165, 1.54) is 0 Å². The second kappa shape index (κ2) is 5.97. The van der Waals surface area contributed by atoms with Gasteiger partial charge in [0, 0.05) is 19.8 Å². The van der Waals surface area contributed by atoms with E-state index in [9.17, 15) is 8.42 Å². The van der Waals surface area contributed by atoms with Gasteiger partial charge < -0.3 is 5.32 Å². The average molecular weight is 246 g/mol. The van der Waals surface area contributed by atoms with E-state index in [0.717, 1.165) is 12.2 Å². The molecule has 0 amide bonds. The number of aromatic nitrogens is 2. The van der Waals surface area contributed by atoms with Crippen LogP contribution >= 0.6 is 0 Å². The lowest BCUT2D eigenvalue weighted by Crippen LogP contribution is -2.32. The number of hydrogen-bond donors (Lipinski definition) is 2. The van der Waals surface area contributed by atoms with Crippen molar-refractivity contribution in [1.82, 2.24) is 19.8 Å². The maximum Gasteiger partial charge on any atom is 0.213 e. The molecule has 0 bridgehead atoms. The zero-order valence-corrected chi connectivity index (χ0v) is 10.4. The molecule has 0 aromatic carbocycles. The summed E-state index contributed by atoms with van der Waals surface area (Å²) in [6.45, 7) is 3.47. The van der Waals surface area contributed by atoms with Crippen molar-refractivity contribution in [2.75, 3.05) is 18.8 Å². The Morgan fingerprint density at radius 1 is 1.50 bits per heavy atom. The summed E-state index contributed by atoms with van der Waals surface area (Å²) >= 11 is 0. The van der Waals surface area contributed by atoms with E-state index >= 15 is 0 Å². The number of nitrogens with one attached hydrogen (secondary N) is 2. The lowest BCUT2D eigenvalue weighted by atomic mass is 10.4. The molecule has 1 aromatic heterocycles. The van der Waals surface area contributed by atoms with E-state index in [1.807, 2.05) is 6.92 Å². The highest BCUT2D eigenvalue weighted by atomic mass is 32.2. The van der Waals surface area contributed by atoms with Crippen LogP contribution in [-0.4, -0.2) is 37.0 Å². The van der Waals surface area contributed by atoms with Crippen LogP contribution in [0.1, 0.15) is 12.6 Å². The molecule has 0 spiro atoms. The van der Waals surface area contributed by atoms with Crippen molar-refractivity contribution in [3.63, 3.8) is 0 Å². The topological polar surface area (TPSA) is 76.0 Å². The highest BCUT2D eigenvalue weighted by Crippen LogP contribution is 1.96. The SMILES string of the molecule is CCNCCS(=O)(=O)NCc1ccnn1C. The molecule has 0 saturated heterocycles. The average Bonchev–Trinajstić information content (AvgIpc) is 2.62. The van der Waals surface area contributed by atoms with Crippen LogP contribution < -0.4 is 10.0 Å². The maximum atomic E-state index is 11.5. The van der Waals surface area contributed by atoms with Crippen molar-refractivity contribution in [1.29, 1.82) is 0 Å². The Labute approximate surface area is 96.1 Å². The quantitative estimate of drug-likeness (QED) is 0.633. The third kappa shape index (κ3) is 4.30. The van der Waals surface area contributed by atoms with Crippen molar-refractivity contribution < 1.29 is 8.42 Å². The summed E-state index contributed by atoms with van der Waals surface area (Å²) < 4.78 is 27.2. The van der Waals surface area contributed by atoms with Crippen LogP contribution in [0.5, 0.6) is 0 Å². The number of aryl methyl sites for hydroxylation is 1. The Bertz CT molecular complexity index is 413. The largest absolute Gasteiger partial charge is 0.316 e. The van der Waals surface area contributed by atoms with E-state index in [-0.39, 0.29) is 12.3 Å². The first kappa shape index (κ1) is 13.1. The zero-order chi connectivity index (χ0) is 12.0. The smallest absolute Gasteiger partial charge is 0.213 e. The Kier molecular flexibility index (Phi) is 4.91. The Balaban J connectivity index is 2.39. The molecule has 0 aliphatic heterocycles. The van der Waals surface area contributed by atoms with Crippen LogP contribution in [0.3, 0.4) is 0 Å². The van der Waals surface area contributed by atoms with Gasteiger partial charge in [0.05, 0.1) is 18.0 Å². The van der Waals surface area contributed by atoms with Crippen molar-refractivity contribution in [2.45, 2.75) is 13.5 Å². The van der Waals surface area contributed by atoms with Gasteiger partial charge in [-0.2, -0.15) is 5.10 Å². The lowest BCUT2D eigenvalue weighted by Gasteiger charge is -2.07. The van der Waals surface area contributed by atoms with Gasteiger partial charge in [0.25, 0.3) is 0 Å². The van der Waals surface area contributed by atoms with Crippen LogP contribution in [0.4, 0.5) is 0 Å². The lowest BCUT2D eigenvalue weighted by molar-refractivity contribution is 0.573. The molecule has 7 heteroatoms. The first-order valence-corrected chi connectivity index (χ1v) is 6.85. The Morgan fingerprint density at radius 3 is 2.81 bits per heavy atom. The minimum absolute atomic E-state index is 0.0959. The van der Waals surface area contributed by atoms with Crippen LogP contribution in [0, 0.1) is 0 Å².